The number of nitrogen functional groups attached to an aromatic ring is 1. The van der Waals surface area contributed by atoms with Crippen LogP contribution in [0, 0.1) is 6.92 Å². The number of nitrogens with zero attached hydrogens (tertiary/aromatic N) is 1. The number of aromatic amines is 1. The van der Waals surface area contributed by atoms with Crippen molar-refractivity contribution in [2.75, 3.05) is 5.73 Å². The average molecular weight is 266 g/mol. The van der Waals surface area contributed by atoms with E-state index in [1.165, 1.54) is 12.4 Å². The van der Waals surface area contributed by atoms with Crippen LogP contribution in [0.4, 0.5) is 5.69 Å². The second-order valence-corrected chi connectivity index (χ2v) is 5.66. The van der Waals surface area contributed by atoms with Gasteiger partial charge in [-0.2, -0.15) is 0 Å². The highest BCUT2D eigenvalue weighted by atomic mass is 32.2. The maximum atomic E-state index is 12.1. The monoisotopic (exact) mass is 266 g/mol. The largest absolute Gasteiger partial charge is 0.399 e. The number of sulfonamides is 1. The van der Waals surface area contributed by atoms with E-state index in [-0.39, 0.29) is 11.4 Å². The van der Waals surface area contributed by atoms with E-state index in [4.69, 9.17) is 5.73 Å². The third-order valence-electron chi connectivity index (χ3n) is 2.51. The molecule has 0 fully saturated rings. The second-order valence-electron chi connectivity index (χ2n) is 3.93. The predicted octanol–water partition coefficient (Wildman–Crippen LogP) is 0.779. The molecule has 0 radical (unpaired) electrons. The Kier molecular flexibility index (Phi) is 3.35. The molecule has 0 unspecified atom stereocenters. The van der Waals surface area contributed by atoms with E-state index < -0.39 is 10.0 Å². The number of imidazole rings is 1. The van der Waals surface area contributed by atoms with E-state index in [1.54, 1.807) is 25.3 Å². The molecule has 0 aliphatic heterocycles. The van der Waals surface area contributed by atoms with Gasteiger partial charge in [0.1, 0.15) is 0 Å². The number of aryl methyl sites for hydroxylation is 1. The normalized spacial score (nSPS) is 11.6. The summed E-state index contributed by atoms with van der Waals surface area (Å²) in [7, 11) is -3.57. The number of anilines is 1. The summed E-state index contributed by atoms with van der Waals surface area (Å²) in [4.78, 5) is 6.84. The Morgan fingerprint density at radius 1 is 1.44 bits per heavy atom. The first-order valence-electron chi connectivity index (χ1n) is 5.32. The van der Waals surface area contributed by atoms with Crippen molar-refractivity contribution in [3.05, 3.63) is 42.0 Å². The van der Waals surface area contributed by atoms with Crippen molar-refractivity contribution in [2.24, 2.45) is 0 Å². The van der Waals surface area contributed by atoms with Crippen molar-refractivity contribution in [3.63, 3.8) is 0 Å². The summed E-state index contributed by atoms with van der Waals surface area (Å²) in [6.45, 7) is 1.89. The lowest BCUT2D eigenvalue weighted by Crippen LogP contribution is -2.24. The van der Waals surface area contributed by atoms with Gasteiger partial charge in [0.2, 0.25) is 10.0 Å². The van der Waals surface area contributed by atoms with Crippen LogP contribution in [-0.2, 0) is 16.6 Å². The smallest absolute Gasteiger partial charge is 0.241 e. The molecule has 0 aliphatic rings. The summed E-state index contributed by atoms with van der Waals surface area (Å²) in [5.41, 5.74) is 7.37. The first-order valence-corrected chi connectivity index (χ1v) is 6.80. The van der Waals surface area contributed by atoms with Crippen LogP contribution in [0.15, 0.2) is 35.6 Å². The van der Waals surface area contributed by atoms with Crippen molar-refractivity contribution < 1.29 is 8.42 Å². The molecular weight excluding hydrogens is 252 g/mol. The molecule has 2 aromatic rings. The molecule has 0 amide bonds. The van der Waals surface area contributed by atoms with Crippen LogP contribution >= 0.6 is 0 Å². The maximum Gasteiger partial charge on any atom is 0.241 e. The number of benzene rings is 1. The highest BCUT2D eigenvalue weighted by molar-refractivity contribution is 7.89. The third kappa shape index (κ3) is 2.69. The van der Waals surface area contributed by atoms with Crippen LogP contribution in [0.3, 0.4) is 0 Å². The lowest BCUT2D eigenvalue weighted by molar-refractivity contribution is 0.580. The summed E-state index contributed by atoms with van der Waals surface area (Å²) in [6.07, 6.45) is 3.06. The van der Waals surface area contributed by atoms with Gasteiger partial charge in [0.05, 0.1) is 17.8 Å². The Hall–Kier alpha value is -1.86. The minimum absolute atomic E-state index is 0.163. The Bertz CT molecular complexity index is 635. The molecule has 0 spiro atoms. The number of aromatic nitrogens is 2. The van der Waals surface area contributed by atoms with Gasteiger partial charge >= 0.3 is 0 Å². The number of H-pyrrole nitrogens is 1. The number of nitrogens with two attached hydrogens (primary N) is 1. The summed E-state index contributed by atoms with van der Waals surface area (Å²) < 4.78 is 26.7. The Morgan fingerprint density at radius 3 is 2.89 bits per heavy atom. The van der Waals surface area contributed by atoms with Gasteiger partial charge in [0, 0.05) is 17.6 Å². The van der Waals surface area contributed by atoms with E-state index in [0.717, 1.165) is 0 Å². The predicted molar refractivity (Wildman–Crippen MR) is 68.2 cm³/mol. The molecule has 0 atom stereocenters. The Morgan fingerprint density at radius 2 is 2.22 bits per heavy atom. The summed E-state index contributed by atoms with van der Waals surface area (Å²) in [5, 5.41) is 0. The fourth-order valence-electron chi connectivity index (χ4n) is 1.54. The first kappa shape index (κ1) is 12.6. The Balaban J connectivity index is 2.22. The molecular formula is C11H14N4O2S. The molecule has 6 nitrogen and oxygen atoms in total. The number of nitrogens with one attached hydrogen (secondary N) is 2. The van der Waals surface area contributed by atoms with Gasteiger partial charge in [-0.3, -0.25) is 0 Å². The van der Waals surface area contributed by atoms with Gasteiger partial charge < -0.3 is 10.7 Å². The minimum Gasteiger partial charge on any atom is -0.399 e. The summed E-state index contributed by atoms with van der Waals surface area (Å²) >= 11 is 0. The van der Waals surface area contributed by atoms with Crippen LogP contribution in [0.2, 0.25) is 0 Å². The molecule has 0 saturated heterocycles. The van der Waals surface area contributed by atoms with Crippen LogP contribution in [0.1, 0.15) is 11.3 Å². The van der Waals surface area contributed by atoms with Crippen LogP contribution in [-0.4, -0.2) is 18.4 Å². The summed E-state index contributed by atoms with van der Waals surface area (Å²) in [6, 6.07) is 4.80. The highest BCUT2D eigenvalue weighted by Gasteiger charge is 2.16. The molecule has 0 aliphatic carbocycles. The average Bonchev–Trinajstić information content (AvgIpc) is 2.83. The van der Waals surface area contributed by atoms with Crippen LogP contribution in [0.25, 0.3) is 0 Å². The standard InChI is InChI=1S/C11H14N4O2S/c1-8-2-3-9(12)4-11(8)18(16,17)15-6-10-5-13-7-14-10/h2-5,7,15H,6,12H2,1H3,(H,13,14). The van der Waals surface area contributed by atoms with Crippen LogP contribution < -0.4 is 10.5 Å². The topological polar surface area (TPSA) is 101 Å². The lowest BCUT2D eigenvalue weighted by Gasteiger charge is -2.09. The highest BCUT2D eigenvalue weighted by Crippen LogP contribution is 2.18. The van der Waals surface area contributed by atoms with Crippen molar-refractivity contribution >= 4 is 15.7 Å². The zero-order chi connectivity index (χ0) is 13.2. The molecule has 1 aromatic carbocycles. The fraction of sp³-hybridized carbons (Fsp3) is 0.182. The van der Waals surface area contributed by atoms with Gasteiger partial charge in [-0.05, 0) is 24.6 Å². The number of hydrogen-bond donors (Lipinski definition) is 3. The molecule has 18 heavy (non-hydrogen) atoms. The van der Waals surface area contributed by atoms with Gasteiger partial charge in [0.15, 0.2) is 0 Å². The third-order valence-corrected chi connectivity index (χ3v) is 4.05. The van der Waals surface area contributed by atoms with E-state index in [9.17, 15) is 8.42 Å². The number of hydrogen-bond acceptors (Lipinski definition) is 4. The summed E-state index contributed by atoms with van der Waals surface area (Å²) in [5.74, 6) is 0. The Labute approximate surface area is 105 Å². The zero-order valence-electron chi connectivity index (χ0n) is 9.84. The van der Waals surface area contributed by atoms with Crippen molar-refractivity contribution in [3.8, 4) is 0 Å². The van der Waals surface area contributed by atoms with Crippen molar-refractivity contribution in [2.45, 2.75) is 18.4 Å². The van der Waals surface area contributed by atoms with Gasteiger partial charge in [0.25, 0.3) is 0 Å². The zero-order valence-corrected chi connectivity index (χ0v) is 10.7. The van der Waals surface area contributed by atoms with Gasteiger partial charge in [-0.15, -0.1) is 0 Å². The molecule has 0 saturated carbocycles. The minimum atomic E-state index is -3.57. The SMILES string of the molecule is Cc1ccc(N)cc1S(=O)(=O)NCc1cnc[nH]1. The maximum absolute atomic E-state index is 12.1. The molecule has 1 aromatic heterocycles. The molecule has 7 heteroatoms. The van der Waals surface area contributed by atoms with Crippen molar-refractivity contribution in [1.29, 1.82) is 0 Å². The molecule has 0 bridgehead atoms. The van der Waals surface area contributed by atoms with E-state index in [1.807, 2.05) is 0 Å². The fourth-order valence-corrected chi connectivity index (χ4v) is 2.82. The quantitative estimate of drug-likeness (QED) is 0.712. The molecule has 4 N–H and O–H groups in total. The molecule has 1 heterocycles. The second kappa shape index (κ2) is 4.79. The van der Waals surface area contributed by atoms with E-state index in [2.05, 4.69) is 14.7 Å². The van der Waals surface area contributed by atoms with Gasteiger partial charge in [-0.25, -0.2) is 18.1 Å². The number of rotatable bonds is 4. The van der Waals surface area contributed by atoms with E-state index >= 15 is 0 Å². The first-order chi connectivity index (χ1) is 8.49. The van der Waals surface area contributed by atoms with E-state index in [0.29, 0.717) is 16.9 Å². The van der Waals surface area contributed by atoms with Gasteiger partial charge in [-0.1, -0.05) is 6.07 Å². The van der Waals surface area contributed by atoms with Crippen LogP contribution in [0.5, 0.6) is 0 Å². The molecule has 96 valence electrons. The lowest BCUT2D eigenvalue weighted by atomic mass is 10.2. The van der Waals surface area contributed by atoms with Crippen molar-refractivity contribution in [1.82, 2.24) is 14.7 Å². The molecule has 2 rings (SSSR count).